The Morgan fingerprint density at radius 2 is 1.95 bits per heavy atom. The fraction of sp³-hybridized carbons (Fsp3) is 0.833. The van der Waals surface area contributed by atoms with Gasteiger partial charge in [0.25, 0.3) is 0 Å². The highest BCUT2D eigenvalue weighted by Gasteiger charge is 2.15. The number of thiol groups is 1. The maximum atomic E-state index is 11.1. The van der Waals surface area contributed by atoms with E-state index in [0.717, 1.165) is 17.9 Å². The maximum Gasteiger partial charge on any atom is 0.306 e. The molecule has 19 heavy (non-hydrogen) atoms. The number of carbonyl (C=O) groups excluding carboxylic acids is 1. The van der Waals surface area contributed by atoms with Crippen LogP contribution in [0.4, 0.5) is 0 Å². The van der Waals surface area contributed by atoms with Gasteiger partial charge in [-0.25, -0.2) is 0 Å². The lowest BCUT2D eigenvalue weighted by Crippen LogP contribution is -2.14. The quantitative estimate of drug-likeness (QED) is 0.249. The van der Waals surface area contributed by atoms with Crippen LogP contribution in [0.3, 0.4) is 0 Å². The van der Waals surface area contributed by atoms with Crippen molar-refractivity contribution in [2.24, 2.45) is 5.92 Å². The number of esters is 1. The second-order valence-electron chi connectivity index (χ2n) is 3.89. The molecule has 1 N–H and O–H groups in total. The van der Waals surface area contributed by atoms with Crippen molar-refractivity contribution in [1.29, 1.82) is 0 Å². The Balaban J connectivity index is 3.43. The molecule has 0 saturated carbocycles. The van der Waals surface area contributed by atoms with Gasteiger partial charge < -0.3 is 9.84 Å². The van der Waals surface area contributed by atoms with E-state index in [9.17, 15) is 9.59 Å². The van der Waals surface area contributed by atoms with E-state index in [1.165, 1.54) is 0 Å². The summed E-state index contributed by atoms with van der Waals surface area (Å²) in [7, 11) is 3.35. The number of carboxylic acid groups (broad SMARTS) is 1. The molecule has 0 rings (SSSR count). The molecule has 112 valence electrons. The third kappa shape index (κ3) is 11.5. The summed E-state index contributed by atoms with van der Waals surface area (Å²) < 4.78 is 4.83. The Hall–Kier alpha value is -0.0100. The number of carboxylic acids is 1. The number of rotatable bonds is 12. The second-order valence-corrected chi connectivity index (χ2v) is 7.04. The summed E-state index contributed by atoms with van der Waals surface area (Å²) in [5.74, 6) is 1.14. The van der Waals surface area contributed by atoms with Crippen molar-refractivity contribution in [3.05, 3.63) is 0 Å². The fourth-order valence-corrected chi connectivity index (χ4v) is 3.90. The molecule has 1 unspecified atom stereocenters. The van der Waals surface area contributed by atoms with Gasteiger partial charge in [0.1, 0.15) is 0 Å². The number of aliphatic carboxylic acids is 1. The van der Waals surface area contributed by atoms with Gasteiger partial charge in [0, 0.05) is 17.9 Å². The summed E-state index contributed by atoms with van der Waals surface area (Å²) >= 11 is 4.06. The summed E-state index contributed by atoms with van der Waals surface area (Å²) in [6.07, 6.45) is 2.55. The van der Waals surface area contributed by atoms with E-state index >= 15 is 0 Å². The van der Waals surface area contributed by atoms with E-state index in [2.05, 4.69) is 12.6 Å². The lowest BCUT2D eigenvalue weighted by Gasteiger charge is -2.09. The Labute approximate surface area is 128 Å². The highest BCUT2D eigenvalue weighted by Crippen LogP contribution is 2.25. The molecule has 0 aromatic heterocycles. The van der Waals surface area contributed by atoms with E-state index in [0.29, 0.717) is 31.6 Å². The van der Waals surface area contributed by atoms with Crippen molar-refractivity contribution in [2.75, 3.05) is 23.9 Å². The molecule has 0 saturated heterocycles. The minimum atomic E-state index is -0.734. The van der Waals surface area contributed by atoms with Crippen LogP contribution in [0.25, 0.3) is 0 Å². The maximum absolute atomic E-state index is 11.1. The number of hydrogen-bond acceptors (Lipinski definition) is 6. The lowest BCUT2D eigenvalue weighted by molar-refractivity contribution is -0.143. The standard InChI is InChI=1S/C12H22O4S3/c1-2-16-11(13)4-3-8-18-19-9-6-10(5-7-17)12(14)15/h10,17H,2-9H2,1H3,(H,14,15). The first-order valence-corrected chi connectivity index (χ1v) is 9.47. The van der Waals surface area contributed by atoms with Crippen LogP contribution >= 0.6 is 34.2 Å². The first-order chi connectivity index (χ1) is 9.11. The van der Waals surface area contributed by atoms with Gasteiger partial charge in [-0.1, -0.05) is 21.6 Å². The van der Waals surface area contributed by atoms with Crippen LogP contribution in [0.2, 0.25) is 0 Å². The van der Waals surface area contributed by atoms with Gasteiger partial charge in [0.2, 0.25) is 0 Å². The lowest BCUT2D eigenvalue weighted by atomic mass is 10.0. The summed E-state index contributed by atoms with van der Waals surface area (Å²) in [4.78, 5) is 21.9. The average Bonchev–Trinajstić information content (AvgIpc) is 2.36. The third-order valence-electron chi connectivity index (χ3n) is 2.37. The largest absolute Gasteiger partial charge is 0.481 e. The molecule has 0 spiro atoms. The number of carbonyl (C=O) groups is 2. The molecule has 0 amide bonds. The summed E-state index contributed by atoms with van der Waals surface area (Å²) in [6, 6.07) is 0. The second kappa shape index (κ2) is 13.0. The zero-order chi connectivity index (χ0) is 14.5. The predicted molar refractivity (Wildman–Crippen MR) is 85.0 cm³/mol. The molecular weight excluding hydrogens is 304 g/mol. The van der Waals surface area contributed by atoms with Crippen LogP contribution in [-0.4, -0.2) is 40.9 Å². The SMILES string of the molecule is CCOC(=O)CCCSSCCC(CCS)C(=O)O. The summed E-state index contributed by atoms with van der Waals surface area (Å²) in [6.45, 7) is 2.23. The number of ether oxygens (including phenoxy) is 1. The summed E-state index contributed by atoms with van der Waals surface area (Å²) in [5.41, 5.74) is 0. The predicted octanol–water partition coefficient (Wildman–Crippen LogP) is 3.12. The van der Waals surface area contributed by atoms with E-state index in [4.69, 9.17) is 9.84 Å². The minimum absolute atomic E-state index is 0.146. The van der Waals surface area contributed by atoms with E-state index in [1.807, 2.05) is 0 Å². The van der Waals surface area contributed by atoms with Crippen LogP contribution in [0.15, 0.2) is 0 Å². The Morgan fingerprint density at radius 3 is 2.53 bits per heavy atom. The van der Waals surface area contributed by atoms with Gasteiger partial charge in [0.05, 0.1) is 12.5 Å². The van der Waals surface area contributed by atoms with Crippen molar-refractivity contribution in [3.63, 3.8) is 0 Å². The molecule has 7 heteroatoms. The zero-order valence-electron chi connectivity index (χ0n) is 11.2. The molecule has 0 aliphatic heterocycles. The minimum Gasteiger partial charge on any atom is -0.481 e. The fourth-order valence-electron chi connectivity index (χ4n) is 1.36. The van der Waals surface area contributed by atoms with Crippen LogP contribution in [0, 0.1) is 5.92 Å². The number of hydrogen-bond donors (Lipinski definition) is 2. The molecule has 0 bridgehead atoms. The molecule has 1 atom stereocenters. The molecule has 0 heterocycles. The van der Waals surface area contributed by atoms with E-state index < -0.39 is 5.97 Å². The van der Waals surface area contributed by atoms with Crippen molar-refractivity contribution in [3.8, 4) is 0 Å². The monoisotopic (exact) mass is 326 g/mol. The Kier molecular flexibility index (Phi) is 13.0. The van der Waals surface area contributed by atoms with Crippen LogP contribution < -0.4 is 0 Å². The van der Waals surface area contributed by atoms with Crippen LogP contribution in [0.1, 0.15) is 32.6 Å². The molecule has 0 fully saturated rings. The first kappa shape index (κ1) is 19.0. The topological polar surface area (TPSA) is 63.6 Å². The van der Waals surface area contributed by atoms with Gasteiger partial charge in [-0.15, -0.1) is 0 Å². The molecular formula is C12H22O4S3. The smallest absolute Gasteiger partial charge is 0.306 e. The van der Waals surface area contributed by atoms with Gasteiger partial charge in [-0.05, 0) is 31.9 Å². The van der Waals surface area contributed by atoms with Gasteiger partial charge in [-0.3, -0.25) is 9.59 Å². The normalized spacial score (nSPS) is 12.1. The Bertz CT molecular complexity index is 261. The van der Waals surface area contributed by atoms with Crippen molar-refractivity contribution < 1.29 is 19.4 Å². The van der Waals surface area contributed by atoms with Crippen molar-refractivity contribution >= 4 is 46.2 Å². The van der Waals surface area contributed by atoms with Gasteiger partial charge >= 0.3 is 11.9 Å². The van der Waals surface area contributed by atoms with Crippen LogP contribution in [-0.2, 0) is 14.3 Å². The van der Waals surface area contributed by atoms with Crippen molar-refractivity contribution in [1.82, 2.24) is 0 Å². The first-order valence-electron chi connectivity index (χ1n) is 6.35. The summed E-state index contributed by atoms with van der Waals surface area (Å²) in [5, 5.41) is 8.96. The molecule has 4 nitrogen and oxygen atoms in total. The highest BCUT2D eigenvalue weighted by atomic mass is 33.1. The Morgan fingerprint density at radius 1 is 1.26 bits per heavy atom. The molecule has 0 aromatic rings. The van der Waals surface area contributed by atoms with Gasteiger partial charge in [0.15, 0.2) is 0 Å². The highest BCUT2D eigenvalue weighted by molar-refractivity contribution is 8.76. The molecule has 0 aliphatic rings. The average molecular weight is 327 g/mol. The molecule has 0 radical (unpaired) electrons. The van der Waals surface area contributed by atoms with E-state index in [1.54, 1.807) is 28.5 Å². The molecule has 0 aromatic carbocycles. The van der Waals surface area contributed by atoms with Gasteiger partial charge in [-0.2, -0.15) is 12.6 Å². The zero-order valence-corrected chi connectivity index (χ0v) is 13.7. The van der Waals surface area contributed by atoms with E-state index in [-0.39, 0.29) is 11.9 Å². The molecule has 0 aliphatic carbocycles. The third-order valence-corrected chi connectivity index (χ3v) is 5.16. The van der Waals surface area contributed by atoms with Crippen LogP contribution in [0.5, 0.6) is 0 Å². The van der Waals surface area contributed by atoms with Crippen molar-refractivity contribution in [2.45, 2.75) is 32.6 Å².